The summed E-state index contributed by atoms with van der Waals surface area (Å²) < 4.78 is 0. The number of nitrogens with one attached hydrogen (secondary N) is 1. The lowest BCUT2D eigenvalue weighted by atomic mass is 10.2. The number of amides is 2. The van der Waals surface area contributed by atoms with Crippen LogP contribution in [0.3, 0.4) is 0 Å². The van der Waals surface area contributed by atoms with Crippen LogP contribution in [0.2, 0.25) is 0 Å². The number of hydrogen-bond acceptors (Lipinski definition) is 5. The van der Waals surface area contributed by atoms with Crippen molar-refractivity contribution in [2.45, 2.75) is 13.8 Å². The molecule has 0 atom stereocenters. The summed E-state index contributed by atoms with van der Waals surface area (Å²) in [4.78, 5) is 25.4. The highest BCUT2D eigenvalue weighted by atomic mass is 32.1. The molecule has 0 fully saturated rings. The summed E-state index contributed by atoms with van der Waals surface area (Å²) in [6.07, 6.45) is 0. The number of thiophene rings is 1. The Morgan fingerprint density at radius 2 is 2.00 bits per heavy atom. The highest BCUT2D eigenvalue weighted by Gasteiger charge is 2.25. The molecule has 0 aliphatic heterocycles. The number of carbonyl (C=O) groups is 2. The molecule has 0 saturated carbocycles. The van der Waals surface area contributed by atoms with Crippen LogP contribution in [0.25, 0.3) is 0 Å². The Labute approximate surface area is 110 Å². The molecule has 0 aliphatic rings. The van der Waals surface area contributed by atoms with E-state index in [1.165, 1.54) is 11.3 Å². The third kappa shape index (κ3) is 2.56. The highest BCUT2D eigenvalue weighted by Crippen LogP contribution is 2.37. The molecule has 0 radical (unpaired) electrons. The largest absolute Gasteiger partial charge is 0.397 e. The minimum Gasteiger partial charge on any atom is -0.397 e. The number of nitrogens with two attached hydrogens (primary N) is 2. The second-order valence-electron chi connectivity index (χ2n) is 3.76. The van der Waals surface area contributed by atoms with E-state index in [2.05, 4.69) is 5.32 Å². The molecule has 100 valence electrons. The zero-order valence-electron chi connectivity index (χ0n) is 10.7. The highest BCUT2D eigenvalue weighted by molar-refractivity contribution is 7.19. The topological polar surface area (TPSA) is 101 Å². The Balaban J connectivity index is 3.32. The Bertz CT molecular complexity index is 470. The predicted molar refractivity (Wildman–Crippen MR) is 74.2 cm³/mol. The number of rotatable bonds is 5. The monoisotopic (exact) mass is 270 g/mol. The summed E-state index contributed by atoms with van der Waals surface area (Å²) in [6, 6.07) is 0. The fraction of sp³-hybridized carbons (Fsp3) is 0.455. The standard InChI is InChI=1S/C11H18N4O2S/c1-4-14-10(17)8-7(12)6(9(13)16)11(18-8)15(3)5-2/h4-5,12H2,1-3H3,(H2,13,16)(H,14,17). The summed E-state index contributed by atoms with van der Waals surface area (Å²) >= 11 is 1.18. The Morgan fingerprint density at radius 1 is 1.39 bits per heavy atom. The summed E-state index contributed by atoms with van der Waals surface area (Å²) in [5, 5.41) is 3.29. The van der Waals surface area contributed by atoms with Crippen molar-refractivity contribution in [2.75, 3.05) is 30.8 Å². The quantitative estimate of drug-likeness (QED) is 0.730. The van der Waals surface area contributed by atoms with Gasteiger partial charge < -0.3 is 21.7 Å². The van der Waals surface area contributed by atoms with Gasteiger partial charge in [-0.2, -0.15) is 0 Å². The van der Waals surface area contributed by atoms with E-state index in [0.29, 0.717) is 23.0 Å². The van der Waals surface area contributed by atoms with Gasteiger partial charge in [0.25, 0.3) is 11.8 Å². The van der Waals surface area contributed by atoms with Crippen LogP contribution in [-0.4, -0.2) is 32.0 Å². The van der Waals surface area contributed by atoms with E-state index in [0.717, 1.165) is 0 Å². The first kappa shape index (κ1) is 14.3. The van der Waals surface area contributed by atoms with E-state index < -0.39 is 5.91 Å². The van der Waals surface area contributed by atoms with Crippen molar-refractivity contribution in [2.24, 2.45) is 5.73 Å². The number of primary amides is 1. The van der Waals surface area contributed by atoms with Gasteiger partial charge in [0.15, 0.2) is 0 Å². The van der Waals surface area contributed by atoms with E-state index in [1.807, 2.05) is 25.8 Å². The summed E-state index contributed by atoms with van der Waals surface area (Å²) in [7, 11) is 1.82. The molecule has 0 aliphatic carbocycles. The predicted octanol–water partition coefficient (Wildman–Crippen LogP) is 0.635. The second-order valence-corrected chi connectivity index (χ2v) is 4.76. The third-order valence-electron chi connectivity index (χ3n) is 2.54. The molecule has 6 nitrogen and oxygen atoms in total. The SMILES string of the molecule is CCNC(=O)c1sc(N(C)CC)c(C(N)=O)c1N. The second kappa shape index (κ2) is 5.72. The molecule has 0 saturated heterocycles. The van der Waals surface area contributed by atoms with Crippen molar-refractivity contribution in [1.29, 1.82) is 0 Å². The van der Waals surface area contributed by atoms with E-state index in [-0.39, 0.29) is 17.2 Å². The molecule has 0 bridgehead atoms. The van der Waals surface area contributed by atoms with Gasteiger partial charge in [-0.1, -0.05) is 0 Å². The third-order valence-corrected chi connectivity index (χ3v) is 3.86. The van der Waals surface area contributed by atoms with Crippen LogP contribution in [-0.2, 0) is 0 Å². The van der Waals surface area contributed by atoms with Crippen LogP contribution in [0.5, 0.6) is 0 Å². The van der Waals surface area contributed by atoms with Gasteiger partial charge in [-0.3, -0.25) is 9.59 Å². The maximum Gasteiger partial charge on any atom is 0.263 e. The maximum absolute atomic E-state index is 11.8. The Morgan fingerprint density at radius 3 is 2.44 bits per heavy atom. The van der Waals surface area contributed by atoms with Crippen molar-refractivity contribution >= 4 is 33.8 Å². The molecular weight excluding hydrogens is 252 g/mol. The van der Waals surface area contributed by atoms with E-state index in [1.54, 1.807) is 0 Å². The van der Waals surface area contributed by atoms with Crippen LogP contribution in [0.4, 0.5) is 10.7 Å². The molecule has 0 spiro atoms. The van der Waals surface area contributed by atoms with Crippen LogP contribution in [0.15, 0.2) is 0 Å². The maximum atomic E-state index is 11.8. The van der Waals surface area contributed by atoms with Gasteiger partial charge in [-0.25, -0.2) is 0 Å². The average molecular weight is 270 g/mol. The van der Waals surface area contributed by atoms with Gasteiger partial charge in [-0.05, 0) is 13.8 Å². The van der Waals surface area contributed by atoms with E-state index in [4.69, 9.17) is 11.5 Å². The lowest BCUT2D eigenvalue weighted by molar-refractivity contribution is 0.0960. The molecule has 5 N–H and O–H groups in total. The number of hydrogen-bond donors (Lipinski definition) is 3. The molecule has 7 heteroatoms. The summed E-state index contributed by atoms with van der Waals surface area (Å²) in [5.74, 6) is -0.896. The van der Waals surface area contributed by atoms with Gasteiger partial charge in [0.2, 0.25) is 0 Å². The first-order valence-electron chi connectivity index (χ1n) is 5.65. The molecule has 1 aromatic heterocycles. The Kier molecular flexibility index (Phi) is 4.55. The fourth-order valence-electron chi connectivity index (χ4n) is 1.49. The molecular formula is C11H18N4O2S. The van der Waals surface area contributed by atoms with Gasteiger partial charge in [0, 0.05) is 20.1 Å². The first-order valence-corrected chi connectivity index (χ1v) is 6.47. The summed E-state index contributed by atoms with van der Waals surface area (Å²) in [6.45, 7) is 4.94. The molecule has 18 heavy (non-hydrogen) atoms. The summed E-state index contributed by atoms with van der Waals surface area (Å²) in [5.41, 5.74) is 11.6. The van der Waals surface area contributed by atoms with Crippen molar-refractivity contribution in [1.82, 2.24) is 5.32 Å². The average Bonchev–Trinajstić information content (AvgIpc) is 2.66. The van der Waals surface area contributed by atoms with Crippen molar-refractivity contribution in [3.05, 3.63) is 10.4 Å². The number of anilines is 2. The van der Waals surface area contributed by atoms with Gasteiger partial charge in [0.05, 0.1) is 11.3 Å². The first-order chi connectivity index (χ1) is 8.43. The smallest absolute Gasteiger partial charge is 0.263 e. The molecule has 2 amide bonds. The van der Waals surface area contributed by atoms with Crippen LogP contribution >= 0.6 is 11.3 Å². The minimum absolute atomic E-state index is 0.161. The molecule has 0 aromatic carbocycles. The lowest BCUT2D eigenvalue weighted by Gasteiger charge is -2.15. The lowest BCUT2D eigenvalue weighted by Crippen LogP contribution is -2.23. The minimum atomic E-state index is -0.616. The van der Waals surface area contributed by atoms with Gasteiger partial charge in [0.1, 0.15) is 9.88 Å². The number of nitrogen functional groups attached to an aromatic ring is 1. The Hall–Kier alpha value is -1.76. The number of nitrogens with zero attached hydrogens (tertiary/aromatic N) is 1. The van der Waals surface area contributed by atoms with Crippen molar-refractivity contribution < 1.29 is 9.59 Å². The van der Waals surface area contributed by atoms with Gasteiger partial charge >= 0.3 is 0 Å². The van der Waals surface area contributed by atoms with Gasteiger partial charge in [-0.15, -0.1) is 11.3 Å². The zero-order chi connectivity index (χ0) is 13.9. The van der Waals surface area contributed by atoms with Crippen LogP contribution in [0.1, 0.15) is 33.9 Å². The van der Waals surface area contributed by atoms with E-state index in [9.17, 15) is 9.59 Å². The van der Waals surface area contributed by atoms with Crippen LogP contribution < -0.4 is 21.7 Å². The van der Waals surface area contributed by atoms with Crippen LogP contribution in [0, 0.1) is 0 Å². The zero-order valence-corrected chi connectivity index (χ0v) is 11.6. The van der Waals surface area contributed by atoms with E-state index >= 15 is 0 Å². The number of carbonyl (C=O) groups excluding carboxylic acids is 2. The van der Waals surface area contributed by atoms with Crippen molar-refractivity contribution in [3.63, 3.8) is 0 Å². The molecule has 1 rings (SSSR count). The molecule has 0 unspecified atom stereocenters. The normalized spacial score (nSPS) is 10.2. The molecule has 1 aromatic rings. The fourth-order valence-corrected chi connectivity index (χ4v) is 2.66. The molecule has 1 heterocycles. The van der Waals surface area contributed by atoms with Crippen molar-refractivity contribution in [3.8, 4) is 0 Å².